The van der Waals surface area contributed by atoms with Crippen molar-refractivity contribution in [3.63, 3.8) is 0 Å². The fraction of sp³-hybridized carbons (Fsp3) is 0.278. The Hall–Kier alpha value is -2.54. The Kier molecular flexibility index (Phi) is 4.43. The number of hydrogen-bond donors (Lipinski definition) is 3. The van der Waals surface area contributed by atoms with Gasteiger partial charge in [0, 0.05) is 11.4 Å². The van der Waals surface area contributed by atoms with Crippen LogP contribution in [0.3, 0.4) is 0 Å². The Morgan fingerprint density at radius 1 is 1.04 bits per heavy atom. The highest BCUT2D eigenvalue weighted by atomic mass is 32.2. The lowest BCUT2D eigenvalue weighted by atomic mass is 10.0. The van der Waals surface area contributed by atoms with Gasteiger partial charge in [-0.2, -0.15) is 0 Å². The first-order chi connectivity index (χ1) is 11.7. The van der Waals surface area contributed by atoms with Crippen molar-refractivity contribution in [2.24, 2.45) is 0 Å². The van der Waals surface area contributed by atoms with E-state index < -0.39 is 21.4 Å². The number of amides is 2. The largest absolute Gasteiger partial charge is 0.399 e. The second kappa shape index (κ2) is 6.40. The van der Waals surface area contributed by atoms with Crippen LogP contribution < -0.4 is 16.4 Å². The summed E-state index contributed by atoms with van der Waals surface area (Å²) >= 11 is 0. The van der Waals surface area contributed by atoms with Crippen LogP contribution >= 0.6 is 0 Å². The molecule has 1 saturated heterocycles. The van der Waals surface area contributed by atoms with Crippen molar-refractivity contribution in [3.05, 3.63) is 48.5 Å². The predicted octanol–water partition coefficient (Wildman–Crippen LogP) is 2.63. The maximum Gasteiger partial charge on any atom is 0.319 e. The minimum absolute atomic E-state index is 0.0243. The number of carbonyl (C=O) groups is 1. The molecule has 1 aliphatic heterocycles. The van der Waals surface area contributed by atoms with Gasteiger partial charge in [0.25, 0.3) is 0 Å². The standard InChI is InChI=1S/C18H21N3O3S/c1-18(10-11-25(23,24)12-18)21-17(22)20-16-8-4-14(5-9-16)13-2-6-15(19)7-3-13/h2-9H,10-12,19H2,1H3,(H2,20,21,22). The number of nitrogens with two attached hydrogens (primary N) is 1. The summed E-state index contributed by atoms with van der Waals surface area (Å²) in [6.07, 6.45) is 0.429. The average Bonchev–Trinajstić information content (AvgIpc) is 2.82. The molecule has 4 N–H and O–H groups in total. The molecule has 0 aliphatic carbocycles. The van der Waals surface area contributed by atoms with Crippen molar-refractivity contribution in [1.82, 2.24) is 5.32 Å². The molecule has 2 amide bonds. The van der Waals surface area contributed by atoms with Gasteiger partial charge in [0.05, 0.1) is 17.0 Å². The minimum atomic E-state index is -3.06. The molecule has 0 bridgehead atoms. The predicted molar refractivity (Wildman–Crippen MR) is 100 cm³/mol. The first kappa shape index (κ1) is 17.3. The van der Waals surface area contributed by atoms with E-state index in [9.17, 15) is 13.2 Å². The van der Waals surface area contributed by atoms with E-state index >= 15 is 0 Å². The van der Waals surface area contributed by atoms with Gasteiger partial charge in [-0.05, 0) is 48.7 Å². The van der Waals surface area contributed by atoms with Gasteiger partial charge in [0.2, 0.25) is 0 Å². The van der Waals surface area contributed by atoms with Crippen LogP contribution in [0.2, 0.25) is 0 Å². The molecule has 0 aromatic heterocycles. The molecule has 3 rings (SSSR count). The molecule has 1 fully saturated rings. The van der Waals surface area contributed by atoms with Crippen molar-refractivity contribution in [1.29, 1.82) is 0 Å². The highest BCUT2D eigenvalue weighted by Crippen LogP contribution is 2.24. The van der Waals surface area contributed by atoms with Crippen LogP contribution in [-0.4, -0.2) is 31.5 Å². The summed E-state index contributed by atoms with van der Waals surface area (Å²) in [5, 5.41) is 5.51. The third kappa shape index (κ3) is 4.30. The Balaban J connectivity index is 1.63. The summed E-state index contributed by atoms with van der Waals surface area (Å²) in [6, 6.07) is 14.6. The van der Waals surface area contributed by atoms with Crippen molar-refractivity contribution in [3.8, 4) is 11.1 Å². The summed E-state index contributed by atoms with van der Waals surface area (Å²) in [7, 11) is -3.06. The van der Waals surface area contributed by atoms with E-state index in [2.05, 4.69) is 10.6 Å². The molecule has 1 unspecified atom stereocenters. The van der Waals surface area contributed by atoms with Gasteiger partial charge >= 0.3 is 6.03 Å². The minimum Gasteiger partial charge on any atom is -0.399 e. The van der Waals surface area contributed by atoms with Crippen LogP contribution in [-0.2, 0) is 9.84 Å². The monoisotopic (exact) mass is 359 g/mol. The van der Waals surface area contributed by atoms with Crippen molar-refractivity contribution < 1.29 is 13.2 Å². The summed E-state index contributed by atoms with van der Waals surface area (Å²) in [6.45, 7) is 1.75. The van der Waals surface area contributed by atoms with Gasteiger partial charge in [-0.1, -0.05) is 24.3 Å². The average molecular weight is 359 g/mol. The molecule has 1 atom stereocenters. The molecule has 0 saturated carbocycles. The van der Waals surface area contributed by atoms with E-state index in [1.165, 1.54) is 0 Å². The lowest BCUT2D eigenvalue weighted by molar-refractivity contribution is 0.242. The van der Waals surface area contributed by atoms with Crippen LogP contribution in [0.25, 0.3) is 11.1 Å². The van der Waals surface area contributed by atoms with Gasteiger partial charge in [0.15, 0.2) is 9.84 Å². The number of rotatable bonds is 3. The maximum atomic E-state index is 12.1. The lowest BCUT2D eigenvalue weighted by Gasteiger charge is -2.24. The molecular weight excluding hydrogens is 338 g/mol. The fourth-order valence-corrected chi connectivity index (χ4v) is 5.06. The van der Waals surface area contributed by atoms with Crippen LogP contribution in [0.1, 0.15) is 13.3 Å². The van der Waals surface area contributed by atoms with E-state index in [-0.39, 0.29) is 11.5 Å². The molecular formula is C18H21N3O3S. The zero-order chi connectivity index (χ0) is 18.1. The molecule has 0 radical (unpaired) electrons. The summed E-state index contributed by atoms with van der Waals surface area (Å²) in [4.78, 5) is 12.1. The number of nitrogen functional groups attached to an aromatic ring is 1. The number of benzene rings is 2. The maximum absolute atomic E-state index is 12.1. The van der Waals surface area contributed by atoms with Crippen LogP contribution in [0.15, 0.2) is 48.5 Å². The quantitative estimate of drug-likeness (QED) is 0.733. The molecule has 0 spiro atoms. The highest BCUT2D eigenvalue weighted by molar-refractivity contribution is 7.91. The van der Waals surface area contributed by atoms with Gasteiger partial charge in [-0.25, -0.2) is 13.2 Å². The molecule has 1 aliphatic rings. The van der Waals surface area contributed by atoms with Gasteiger partial charge in [0.1, 0.15) is 0 Å². The van der Waals surface area contributed by atoms with Crippen LogP contribution in [0.4, 0.5) is 16.2 Å². The Labute approximate surface area is 147 Å². The van der Waals surface area contributed by atoms with Gasteiger partial charge < -0.3 is 16.4 Å². The zero-order valence-electron chi connectivity index (χ0n) is 14.0. The first-order valence-corrected chi connectivity index (χ1v) is 9.82. The molecule has 2 aromatic rings. The number of anilines is 2. The number of nitrogens with one attached hydrogen (secondary N) is 2. The Bertz CT molecular complexity index is 877. The van der Waals surface area contributed by atoms with Crippen LogP contribution in [0, 0.1) is 0 Å². The molecule has 7 heteroatoms. The number of hydrogen-bond acceptors (Lipinski definition) is 4. The van der Waals surface area contributed by atoms with E-state index in [1.807, 2.05) is 36.4 Å². The van der Waals surface area contributed by atoms with Gasteiger partial charge in [-0.15, -0.1) is 0 Å². The lowest BCUT2D eigenvalue weighted by Crippen LogP contribution is -2.48. The summed E-state index contributed by atoms with van der Waals surface area (Å²) in [5.74, 6) is 0.0869. The van der Waals surface area contributed by atoms with E-state index in [1.54, 1.807) is 19.1 Å². The summed E-state index contributed by atoms with van der Waals surface area (Å²) in [5.41, 5.74) is 8.37. The first-order valence-electron chi connectivity index (χ1n) is 8.00. The van der Waals surface area contributed by atoms with E-state index in [0.29, 0.717) is 17.8 Å². The Morgan fingerprint density at radius 3 is 2.12 bits per heavy atom. The van der Waals surface area contributed by atoms with Crippen molar-refractivity contribution in [2.45, 2.75) is 18.9 Å². The molecule has 1 heterocycles. The number of carbonyl (C=O) groups excluding carboxylic acids is 1. The second-order valence-electron chi connectivity index (χ2n) is 6.68. The molecule has 132 valence electrons. The normalized spacial score (nSPS) is 21.6. The summed E-state index contributed by atoms with van der Waals surface area (Å²) < 4.78 is 23.2. The molecule has 25 heavy (non-hydrogen) atoms. The smallest absolute Gasteiger partial charge is 0.319 e. The topological polar surface area (TPSA) is 101 Å². The SMILES string of the molecule is CC1(NC(=O)Nc2ccc(-c3ccc(N)cc3)cc2)CCS(=O)(=O)C1. The third-order valence-corrected chi connectivity index (χ3v) is 6.21. The highest BCUT2D eigenvalue weighted by Gasteiger charge is 2.39. The van der Waals surface area contributed by atoms with E-state index in [4.69, 9.17) is 5.73 Å². The van der Waals surface area contributed by atoms with Crippen LogP contribution in [0.5, 0.6) is 0 Å². The number of urea groups is 1. The number of sulfone groups is 1. The molecule has 2 aromatic carbocycles. The van der Waals surface area contributed by atoms with E-state index in [0.717, 1.165) is 11.1 Å². The zero-order valence-corrected chi connectivity index (χ0v) is 14.8. The molecule has 6 nitrogen and oxygen atoms in total. The third-order valence-electron chi connectivity index (χ3n) is 4.31. The second-order valence-corrected chi connectivity index (χ2v) is 8.87. The van der Waals surface area contributed by atoms with Gasteiger partial charge in [-0.3, -0.25) is 0 Å². The van der Waals surface area contributed by atoms with Crippen molar-refractivity contribution in [2.75, 3.05) is 22.6 Å². The Morgan fingerprint density at radius 2 is 1.60 bits per heavy atom. The fourth-order valence-electron chi connectivity index (χ4n) is 2.97. The van der Waals surface area contributed by atoms with Crippen molar-refractivity contribution >= 4 is 27.2 Å².